The molecule has 2 aliphatic heterocycles. The van der Waals surface area contributed by atoms with Crippen molar-refractivity contribution in [3.63, 3.8) is 0 Å². The number of hydrogen-bond donors (Lipinski definition) is 0. The SMILES string of the molecule is CO[C@@H]1O[C@@H](CS(=O)(=O)n2nnc3ccccc32)[C@H]2OC(C)(C)O[C@@H]12. The Kier molecular flexibility index (Phi) is 3.85. The van der Waals surface area contributed by atoms with E-state index in [1.807, 2.05) is 0 Å². The molecule has 1 aromatic carbocycles. The third-order valence-corrected chi connectivity index (χ3v) is 5.85. The molecule has 10 heteroatoms. The predicted molar refractivity (Wildman–Crippen MR) is 86.2 cm³/mol. The van der Waals surface area contributed by atoms with E-state index in [2.05, 4.69) is 10.3 Å². The average Bonchev–Trinajstić information content (AvgIpc) is 3.19. The van der Waals surface area contributed by atoms with Crippen LogP contribution in [0.4, 0.5) is 0 Å². The number of fused-ring (bicyclic) bond motifs is 2. The highest BCUT2D eigenvalue weighted by molar-refractivity contribution is 7.90. The van der Waals surface area contributed by atoms with Gasteiger partial charge in [0.2, 0.25) is 0 Å². The van der Waals surface area contributed by atoms with Gasteiger partial charge in [0, 0.05) is 7.11 Å². The van der Waals surface area contributed by atoms with Gasteiger partial charge in [0.15, 0.2) is 12.1 Å². The summed E-state index contributed by atoms with van der Waals surface area (Å²) < 4.78 is 49.2. The Hall–Kier alpha value is -1.59. The molecule has 0 bridgehead atoms. The maximum Gasteiger partial charge on any atom is 0.258 e. The lowest BCUT2D eigenvalue weighted by molar-refractivity contribution is -0.224. The van der Waals surface area contributed by atoms with Crippen LogP contribution in [0.15, 0.2) is 24.3 Å². The summed E-state index contributed by atoms with van der Waals surface area (Å²) in [6.07, 6.45) is -2.43. The van der Waals surface area contributed by atoms with E-state index in [-0.39, 0.29) is 5.75 Å². The van der Waals surface area contributed by atoms with Crippen LogP contribution in [-0.2, 0) is 29.0 Å². The number of rotatable bonds is 4. The molecule has 2 saturated heterocycles. The number of hydrogen-bond acceptors (Lipinski definition) is 8. The summed E-state index contributed by atoms with van der Waals surface area (Å²) >= 11 is 0. The van der Waals surface area contributed by atoms with Crippen LogP contribution < -0.4 is 0 Å². The van der Waals surface area contributed by atoms with Crippen LogP contribution in [-0.4, -0.2) is 66.1 Å². The Balaban J connectivity index is 1.63. The largest absolute Gasteiger partial charge is 0.353 e. The lowest BCUT2D eigenvalue weighted by atomic mass is 10.2. The fourth-order valence-electron chi connectivity index (χ4n) is 3.30. The number of aromatic nitrogens is 3. The van der Waals surface area contributed by atoms with Crippen molar-refractivity contribution in [1.29, 1.82) is 0 Å². The van der Waals surface area contributed by atoms with Crippen LogP contribution >= 0.6 is 0 Å². The second kappa shape index (κ2) is 5.71. The molecule has 25 heavy (non-hydrogen) atoms. The second-order valence-electron chi connectivity index (χ2n) is 6.54. The normalized spacial score (nSPS) is 31.5. The molecule has 9 nitrogen and oxygen atoms in total. The molecule has 0 amide bonds. The third-order valence-electron chi connectivity index (χ3n) is 4.30. The van der Waals surface area contributed by atoms with Gasteiger partial charge in [-0.3, -0.25) is 0 Å². The molecule has 4 rings (SSSR count). The molecule has 3 heterocycles. The highest BCUT2D eigenvalue weighted by atomic mass is 32.2. The molecule has 0 spiro atoms. The maximum absolute atomic E-state index is 12.9. The van der Waals surface area contributed by atoms with Gasteiger partial charge in [0.1, 0.15) is 35.1 Å². The first-order chi connectivity index (χ1) is 11.8. The van der Waals surface area contributed by atoms with Crippen molar-refractivity contribution >= 4 is 21.1 Å². The first-order valence-corrected chi connectivity index (χ1v) is 9.49. The van der Waals surface area contributed by atoms with Crippen molar-refractivity contribution in [1.82, 2.24) is 14.4 Å². The van der Waals surface area contributed by atoms with E-state index < -0.39 is 40.4 Å². The number of para-hydroxylation sites is 1. The number of ether oxygens (including phenoxy) is 4. The van der Waals surface area contributed by atoms with Gasteiger partial charge in [0.25, 0.3) is 10.0 Å². The molecule has 0 aliphatic carbocycles. The molecule has 2 fully saturated rings. The smallest absolute Gasteiger partial charge is 0.258 e. The minimum Gasteiger partial charge on any atom is -0.353 e. The van der Waals surface area contributed by atoms with Crippen LogP contribution in [0.2, 0.25) is 0 Å². The van der Waals surface area contributed by atoms with Gasteiger partial charge >= 0.3 is 0 Å². The summed E-state index contributed by atoms with van der Waals surface area (Å²) in [7, 11) is -2.32. The van der Waals surface area contributed by atoms with E-state index in [9.17, 15) is 8.42 Å². The molecule has 0 N–H and O–H groups in total. The summed E-state index contributed by atoms with van der Waals surface area (Å²) in [6, 6.07) is 6.86. The van der Waals surface area contributed by atoms with Crippen molar-refractivity contribution in [2.24, 2.45) is 0 Å². The summed E-state index contributed by atoms with van der Waals surface area (Å²) in [5.41, 5.74) is 0.928. The lowest BCUT2D eigenvalue weighted by Crippen LogP contribution is -2.36. The molecule has 136 valence electrons. The standard InChI is InChI=1S/C15H19N3O6S/c1-15(2)23-12-11(22-14(21-3)13(12)24-15)8-25(19,20)18-10-7-5-4-6-9(10)16-17-18/h4-7,11-14H,8H2,1-3H3/t11-,12+,13+,14+/m0/s1. The molecule has 1 aromatic heterocycles. The van der Waals surface area contributed by atoms with E-state index in [1.165, 1.54) is 7.11 Å². The second-order valence-corrected chi connectivity index (χ2v) is 8.39. The molecule has 4 atom stereocenters. The Bertz CT molecular complexity index is 896. The van der Waals surface area contributed by atoms with Crippen LogP contribution in [0.25, 0.3) is 11.0 Å². The highest BCUT2D eigenvalue weighted by Crippen LogP contribution is 2.39. The van der Waals surface area contributed by atoms with Crippen LogP contribution in [0, 0.1) is 0 Å². The minimum absolute atomic E-state index is 0.319. The minimum atomic E-state index is -3.81. The van der Waals surface area contributed by atoms with Gasteiger partial charge in [-0.05, 0) is 26.0 Å². The van der Waals surface area contributed by atoms with Gasteiger partial charge < -0.3 is 18.9 Å². The number of nitrogens with zero attached hydrogens (tertiary/aromatic N) is 3. The third kappa shape index (κ3) is 2.83. The lowest BCUT2D eigenvalue weighted by Gasteiger charge is -2.23. The zero-order valence-electron chi connectivity index (χ0n) is 14.0. The first-order valence-electron chi connectivity index (χ1n) is 7.88. The van der Waals surface area contributed by atoms with E-state index in [4.69, 9.17) is 18.9 Å². The van der Waals surface area contributed by atoms with Crippen molar-refractivity contribution in [2.45, 2.75) is 44.2 Å². The van der Waals surface area contributed by atoms with Gasteiger partial charge in [0.05, 0.1) is 0 Å². The van der Waals surface area contributed by atoms with Gasteiger partial charge in [-0.25, -0.2) is 8.42 Å². The molecular formula is C15H19N3O6S. The zero-order valence-corrected chi connectivity index (χ0v) is 14.8. The van der Waals surface area contributed by atoms with Crippen LogP contribution in [0.1, 0.15) is 13.8 Å². The number of methoxy groups -OCH3 is 1. The predicted octanol–water partition coefficient (Wildman–Crippen LogP) is 0.501. The Morgan fingerprint density at radius 1 is 1.24 bits per heavy atom. The number of benzene rings is 1. The summed E-state index contributed by atoms with van der Waals surface area (Å²) in [4.78, 5) is 0. The van der Waals surface area contributed by atoms with E-state index in [0.717, 1.165) is 4.09 Å². The topological polar surface area (TPSA) is 102 Å². The monoisotopic (exact) mass is 369 g/mol. The van der Waals surface area contributed by atoms with E-state index in [0.29, 0.717) is 11.0 Å². The molecule has 2 aliphatic rings. The molecule has 0 radical (unpaired) electrons. The van der Waals surface area contributed by atoms with Crippen molar-refractivity contribution < 1.29 is 27.4 Å². The van der Waals surface area contributed by atoms with E-state index >= 15 is 0 Å². The summed E-state index contributed by atoms with van der Waals surface area (Å²) in [6.45, 7) is 3.54. The Morgan fingerprint density at radius 2 is 1.96 bits per heavy atom. The van der Waals surface area contributed by atoms with Crippen molar-refractivity contribution in [2.75, 3.05) is 12.9 Å². The molecule has 2 aromatic rings. The van der Waals surface area contributed by atoms with Gasteiger partial charge in [-0.2, -0.15) is 0 Å². The van der Waals surface area contributed by atoms with Gasteiger partial charge in [-0.1, -0.05) is 17.3 Å². The van der Waals surface area contributed by atoms with Crippen LogP contribution in [0.3, 0.4) is 0 Å². The summed E-state index contributed by atoms with van der Waals surface area (Å²) in [5.74, 6) is -1.14. The first kappa shape index (κ1) is 16.9. The van der Waals surface area contributed by atoms with Crippen molar-refractivity contribution in [3.05, 3.63) is 24.3 Å². The fraction of sp³-hybridized carbons (Fsp3) is 0.600. The maximum atomic E-state index is 12.9. The van der Waals surface area contributed by atoms with Gasteiger partial charge in [-0.15, -0.1) is 9.19 Å². The zero-order chi connectivity index (χ0) is 17.8. The molecule has 0 saturated carbocycles. The van der Waals surface area contributed by atoms with Crippen molar-refractivity contribution in [3.8, 4) is 0 Å². The van der Waals surface area contributed by atoms with Crippen LogP contribution in [0.5, 0.6) is 0 Å². The summed E-state index contributed by atoms with van der Waals surface area (Å²) in [5, 5.41) is 7.67. The Labute approximate surface area is 144 Å². The average molecular weight is 369 g/mol. The fourth-order valence-corrected chi connectivity index (χ4v) is 4.72. The quantitative estimate of drug-likeness (QED) is 0.768. The van der Waals surface area contributed by atoms with E-state index in [1.54, 1.807) is 38.1 Å². The molecular weight excluding hydrogens is 350 g/mol. The Morgan fingerprint density at radius 3 is 2.72 bits per heavy atom. The highest BCUT2D eigenvalue weighted by Gasteiger charge is 2.56. The molecule has 0 unspecified atom stereocenters.